The summed E-state index contributed by atoms with van der Waals surface area (Å²) < 4.78 is 0. The van der Waals surface area contributed by atoms with Gasteiger partial charge in [0.1, 0.15) is 0 Å². The van der Waals surface area contributed by atoms with Crippen LogP contribution in [0.4, 0.5) is 0 Å². The van der Waals surface area contributed by atoms with Crippen molar-refractivity contribution in [3.05, 3.63) is 17.8 Å². The Labute approximate surface area is 175 Å². The molecule has 0 spiro atoms. The molecule has 1 radical (unpaired) electrons. The van der Waals surface area contributed by atoms with Gasteiger partial charge in [0.25, 0.3) is 0 Å². The number of carbonyl (C=O) groups is 6. The second kappa shape index (κ2) is 17.9. The molecule has 0 aliphatic carbocycles. The average Bonchev–Trinajstić information content (AvgIpc) is 2.47. The Morgan fingerprint density at radius 2 is 0.679 bits per heavy atom. The van der Waals surface area contributed by atoms with E-state index in [1.54, 1.807) is 20.8 Å². The minimum Gasteiger partial charge on any atom is -0.503 e. The van der Waals surface area contributed by atoms with Crippen LogP contribution in [0.25, 0.3) is 0 Å². The molecule has 3 N–H and O–H groups in total. The Balaban J connectivity index is -0.000000152. The van der Waals surface area contributed by atoms with E-state index in [0.717, 1.165) is 0 Å². The average molecular weight is 443 g/mol. The maximum atomic E-state index is 10.4. The molecule has 0 atom stereocenters. The summed E-state index contributed by atoms with van der Waals surface area (Å²) in [5.74, 6) is -4.49. The minimum atomic E-state index is -1.11. The van der Waals surface area contributed by atoms with Gasteiger partial charge < -0.3 is 29.7 Å². The fourth-order valence-electron chi connectivity index (χ4n) is 1.65. The van der Waals surface area contributed by atoms with Gasteiger partial charge in [-0.1, -0.05) is 20.8 Å². The summed E-state index contributed by atoms with van der Waals surface area (Å²) in [5.41, 5.74) is 0. The normalized spacial score (nSPS) is 8.36. The SMILES string of the molecule is CC[C-](C(C)=O)C(=O)O.CC[C-](C(C)=O)C(=O)O.CC[C-](C(C)=O)C(=O)O.[Fe+3]. The van der Waals surface area contributed by atoms with E-state index in [4.69, 9.17) is 15.3 Å². The predicted molar refractivity (Wildman–Crippen MR) is 95.6 cm³/mol. The fraction of sp³-hybridized carbons (Fsp3) is 0.500. The van der Waals surface area contributed by atoms with Crippen LogP contribution in [-0.2, 0) is 45.8 Å². The molecule has 161 valence electrons. The van der Waals surface area contributed by atoms with Gasteiger partial charge >= 0.3 is 17.1 Å². The molecule has 0 fully saturated rings. The van der Waals surface area contributed by atoms with Crippen molar-refractivity contribution in [2.75, 3.05) is 0 Å². The van der Waals surface area contributed by atoms with E-state index in [9.17, 15) is 28.8 Å². The molecule has 9 nitrogen and oxygen atoms in total. The summed E-state index contributed by atoms with van der Waals surface area (Å²) >= 11 is 0. The Kier molecular flexibility index (Phi) is 21.2. The summed E-state index contributed by atoms with van der Waals surface area (Å²) in [5, 5.41) is 24.9. The van der Waals surface area contributed by atoms with Crippen LogP contribution in [0.2, 0.25) is 0 Å². The van der Waals surface area contributed by atoms with E-state index < -0.39 is 17.9 Å². The minimum absolute atomic E-state index is 0. The molecule has 0 saturated carbocycles. The summed E-state index contributed by atoms with van der Waals surface area (Å²) in [4.78, 5) is 61.5. The van der Waals surface area contributed by atoms with Crippen LogP contribution in [0.1, 0.15) is 60.8 Å². The van der Waals surface area contributed by atoms with E-state index in [1.165, 1.54) is 20.8 Å². The van der Waals surface area contributed by atoms with Gasteiger partial charge in [-0.3, -0.25) is 14.4 Å². The fourth-order valence-corrected chi connectivity index (χ4v) is 1.65. The van der Waals surface area contributed by atoms with E-state index in [-0.39, 0.29) is 52.2 Å². The summed E-state index contributed by atoms with van der Waals surface area (Å²) in [6.07, 6.45) is 0.889. The maximum absolute atomic E-state index is 10.4. The second-order valence-electron chi connectivity index (χ2n) is 5.08. The first-order chi connectivity index (χ1) is 12.3. The molecule has 0 unspecified atom stereocenters. The first-order valence-electron chi connectivity index (χ1n) is 8.08. The van der Waals surface area contributed by atoms with E-state index in [0.29, 0.717) is 19.3 Å². The topological polar surface area (TPSA) is 163 Å². The number of aliphatic carboxylic acids is 3. The van der Waals surface area contributed by atoms with Crippen molar-refractivity contribution in [1.29, 1.82) is 0 Å². The first kappa shape index (κ1) is 33.2. The molecular weight excluding hydrogens is 416 g/mol. The van der Waals surface area contributed by atoms with Crippen molar-refractivity contribution in [3.63, 3.8) is 0 Å². The third-order valence-corrected chi connectivity index (χ3v) is 3.11. The monoisotopic (exact) mass is 443 g/mol. The van der Waals surface area contributed by atoms with Gasteiger partial charge in [0, 0.05) is 17.3 Å². The zero-order valence-electron chi connectivity index (χ0n) is 16.8. The number of hydrogen-bond acceptors (Lipinski definition) is 6. The van der Waals surface area contributed by atoms with Crippen LogP contribution in [-0.4, -0.2) is 50.6 Å². The van der Waals surface area contributed by atoms with Gasteiger partial charge in [-0.25, -0.2) is 17.8 Å². The zero-order chi connectivity index (χ0) is 22.3. The van der Waals surface area contributed by atoms with Gasteiger partial charge in [-0.15, -0.1) is 0 Å². The van der Waals surface area contributed by atoms with Crippen molar-refractivity contribution in [2.45, 2.75) is 60.8 Å². The van der Waals surface area contributed by atoms with E-state index in [1.807, 2.05) is 0 Å². The van der Waals surface area contributed by atoms with Crippen molar-refractivity contribution in [1.82, 2.24) is 0 Å². The number of Topliss-reactive ketones (excluding diaryl/α,β-unsaturated/α-hetero) is 3. The summed E-state index contributed by atoms with van der Waals surface area (Å²) in [6, 6.07) is 0. The third kappa shape index (κ3) is 15.8. The van der Waals surface area contributed by atoms with Gasteiger partial charge in [-0.05, 0) is 20.8 Å². The van der Waals surface area contributed by atoms with Crippen LogP contribution < -0.4 is 0 Å². The summed E-state index contributed by atoms with van der Waals surface area (Å²) in [6.45, 7) is 8.70. The molecule has 0 aliphatic rings. The Bertz CT molecular complexity index is 425. The number of carboxylic acids is 3. The van der Waals surface area contributed by atoms with Crippen molar-refractivity contribution in [3.8, 4) is 0 Å². The van der Waals surface area contributed by atoms with E-state index >= 15 is 0 Å². The molecule has 0 heterocycles. The Morgan fingerprint density at radius 1 is 0.536 bits per heavy atom. The molecule has 0 amide bonds. The van der Waals surface area contributed by atoms with Crippen LogP contribution in [0.5, 0.6) is 0 Å². The molecule has 0 bridgehead atoms. The second-order valence-corrected chi connectivity index (χ2v) is 5.08. The zero-order valence-corrected chi connectivity index (χ0v) is 17.9. The van der Waals surface area contributed by atoms with Crippen molar-refractivity contribution >= 4 is 35.3 Å². The predicted octanol–water partition coefficient (Wildman–Crippen LogP) is 1.93. The standard InChI is InChI=1S/3C6H9O3.Fe/c3*1-3-5(4(2)7)6(8)9;/h3*3H2,1-2H3,(H,8,9);/q3*-1;+3. The summed E-state index contributed by atoms with van der Waals surface area (Å²) in [7, 11) is 0. The molecule has 10 heteroatoms. The molecule has 0 aromatic heterocycles. The molecule has 0 rings (SSSR count). The van der Waals surface area contributed by atoms with Crippen LogP contribution >= 0.6 is 0 Å². The van der Waals surface area contributed by atoms with Crippen LogP contribution in [0.3, 0.4) is 0 Å². The third-order valence-electron chi connectivity index (χ3n) is 3.11. The molecule has 0 aromatic carbocycles. The maximum Gasteiger partial charge on any atom is 3.00 e. The smallest absolute Gasteiger partial charge is 0.503 e. The van der Waals surface area contributed by atoms with Gasteiger partial charge in [-0.2, -0.15) is 19.3 Å². The van der Waals surface area contributed by atoms with Crippen LogP contribution in [0, 0.1) is 17.8 Å². The number of carbonyl (C=O) groups excluding carboxylic acids is 3. The Morgan fingerprint density at radius 3 is 0.679 bits per heavy atom. The number of hydrogen-bond donors (Lipinski definition) is 3. The van der Waals surface area contributed by atoms with E-state index in [2.05, 4.69) is 0 Å². The molecule has 0 saturated heterocycles. The number of ketones is 3. The quantitative estimate of drug-likeness (QED) is 0.274. The number of rotatable bonds is 9. The molecule has 0 aliphatic heterocycles. The van der Waals surface area contributed by atoms with Crippen molar-refractivity contribution < 1.29 is 61.2 Å². The van der Waals surface area contributed by atoms with Crippen molar-refractivity contribution in [2.24, 2.45) is 0 Å². The van der Waals surface area contributed by atoms with Gasteiger partial charge in [0.15, 0.2) is 17.9 Å². The molecular formula is C18H27FeO9. The largest absolute Gasteiger partial charge is 3.00 e. The van der Waals surface area contributed by atoms with Gasteiger partial charge in [0.05, 0.1) is 0 Å². The molecule has 28 heavy (non-hydrogen) atoms. The Hall–Kier alpha value is -2.45. The van der Waals surface area contributed by atoms with Gasteiger partial charge in [0.2, 0.25) is 0 Å². The number of carboxylic acid groups (broad SMARTS) is 3. The van der Waals surface area contributed by atoms with Crippen LogP contribution in [0.15, 0.2) is 0 Å². The molecule has 0 aromatic rings. The first-order valence-corrected chi connectivity index (χ1v) is 8.08.